The number of alkyl halides is 1. The van der Waals surface area contributed by atoms with E-state index in [0.717, 1.165) is 32.5 Å². The maximum absolute atomic E-state index is 11.6. The Kier molecular flexibility index (Phi) is 6.77. The molecular formula is C11H23ClN2O2S. The van der Waals surface area contributed by atoms with E-state index in [1.54, 1.807) is 0 Å². The Morgan fingerprint density at radius 3 is 2.76 bits per heavy atom. The lowest BCUT2D eigenvalue weighted by Crippen LogP contribution is -2.32. The second-order valence-corrected chi connectivity index (χ2v) is 6.92. The van der Waals surface area contributed by atoms with E-state index < -0.39 is 10.0 Å². The van der Waals surface area contributed by atoms with Gasteiger partial charge in [0.2, 0.25) is 10.0 Å². The van der Waals surface area contributed by atoms with Gasteiger partial charge in [0.25, 0.3) is 0 Å². The molecule has 0 aromatic carbocycles. The van der Waals surface area contributed by atoms with Gasteiger partial charge in [0, 0.05) is 19.0 Å². The molecule has 0 spiro atoms. The van der Waals surface area contributed by atoms with E-state index >= 15 is 0 Å². The van der Waals surface area contributed by atoms with E-state index in [1.165, 1.54) is 0 Å². The highest BCUT2D eigenvalue weighted by molar-refractivity contribution is 7.89. The van der Waals surface area contributed by atoms with Gasteiger partial charge >= 0.3 is 0 Å². The van der Waals surface area contributed by atoms with E-state index in [1.807, 2.05) is 0 Å². The zero-order valence-corrected chi connectivity index (χ0v) is 12.1. The van der Waals surface area contributed by atoms with Crippen LogP contribution in [0.2, 0.25) is 0 Å². The molecule has 1 rings (SSSR count). The van der Waals surface area contributed by atoms with E-state index in [4.69, 9.17) is 11.6 Å². The van der Waals surface area contributed by atoms with Crippen molar-refractivity contribution < 1.29 is 8.42 Å². The fraction of sp³-hybridized carbons (Fsp3) is 1.00. The van der Waals surface area contributed by atoms with Crippen molar-refractivity contribution in [3.8, 4) is 0 Å². The lowest BCUT2D eigenvalue weighted by Gasteiger charge is -2.13. The van der Waals surface area contributed by atoms with Crippen LogP contribution < -0.4 is 4.72 Å². The maximum Gasteiger partial charge on any atom is 0.211 e. The molecule has 1 aliphatic rings. The van der Waals surface area contributed by atoms with Crippen LogP contribution >= 0.6 is 11.6 Å². The maximum atomic E-state index is 11.6. The fourth-order valence-electron chi connectivity index (χ4n) is 2.07. The largest absolute Gasteiger partial charge is 0.303 e. The lowest BCUT2D eigenvalue weighted by molar-refractivity contribution is 0.342. The first-order chi connectivity index (χ1) is 8.07. The van der Waals surface area contributed by atoms with Crippen LogP contribution in [0.4, 0.5) is 0 Å². The normalized spacial score (nSPS) is 22.1. The summed E-state index contributed by atoms with van der Waals surface area (Å²) in [6.45, 7) is 5.88. The minimum Gasteiger partial charge on any atom is -0.303 e. The molecule has 1 atom stereocenters. The smallest absolute Gasteiger partial charge is 0.211 e. The zero-order valence-electron chi connectivity index (χ0n) is 10.5. The monoisotopic (exact) mass is 282 g/mol. The van der Waals surface area contributed by atoms with Crippen molar-refractivity contribution in [1.29, 1.82) is 0 Å². The standard InChI is InChI=1S/C11H23ClN2O2S/c1-2-14-7-5-11(10-14)9-13-17(15,16)8-4-3-6-12/h11,13H,2-10H2,1H3. The van der Waals surface area contributed by atoms with Crippen LogP contribution in [0.3, 0.4) is 0 Å². The number of hydrogen-bond donors (Lipinski definition) is 1. The van der Waals surface area contributed by atoms with Crippen LogP contribution in [0.5, 0.6) is 0 Å². The molecule has 1 saturated heterocycles. The predicted octanol–water partition coefficient (Wildman–Crippen LogP) is 1.27. The Labute approximate surface area is 110 Å². The average molecular weight is 283 g/mol. The Morgan fingerprint density at radius 2 is 2.18 bits per heavy atom. The number of likely N-dealkylation sites (tertiary alicyclic amines) is 1. The van der Waals surface area contributed by atoms with E-state index in [9.17, 15) is 8.42 Å². The first kappa shape index (κ1) is 15.2. The SMILES string of the molecule is CCN1CCC(CNS(=O)(=O)CCCCCl)C1. The van der Waals surface area contributed by atoms with Gasteiger partial charge in [-0.1, -0.05) is 6.92 Å². The third kappa shape index (κ3) is 6.04. The Hall–Kier alpha value is 0.160. The summed E-state index contributed by atoms with van der Waals surface area (Å²) in [5.41, 5.74) is 0. The summed E-state index contributed by atoms with van der Waals surface area (Å²) < 4.78 is 26.0. The predicted molar refractivity (Wildman–Crippen MR) is 72.0 cm³/mol. The van der Waals surface area contributed by atoms with E-state index in [-0.39, 0.29) is 5.75 Å². The molecule has 1 N–H and O–H groups in total. The summed E-state index contributed by atoms with van der Waals surface area (Å²) in [5.74, 6) is 1.20. The van der Waals surface area contributed by atoms with Crippen molar-refractivity contribution in [1.82, 2.24) is 9.62 Å². The number of unbranched alkanes of at least 4 members (excludes halogenated alkanes) is 1. The highest BCUT2D eigenvalue weighted by atomic mass is 35.5. The molecule has 1 unspecified atom stereocenters. The minimum atomic E-state index is -3.09. The van der Waals surface area contributed by atoms with Crippen LogP contribution in [0, 0.1) is 5.92 Å². The summed E-state index contributed by atoms with van der Waals surface area (Å²) >= 11 is 5.52. The Bertz CT molecular complexity index is 309. The molecule has 0 amide bonds. The third-order valence-corrected chi connectivity index (χ3v) is 4.91. The average Bonchev–Trinajstić information content (AvgIpc) is 2.75. The molecule has 0 aromatic rings. The molecule has 1 heterocycles. The van der Waals surface area contributed by atoms with Gasteiger partial charge in [-0.2, -0.15) is 0 Å². The number of sulfonamides is 1. The van der Waals surface area contributed by atoms with Crippen molar-refractivity contribution in [3.05, 3.63) is 0 Å². The number of nitrogens with zero attached hydrogens (tertiary/aromatic N) is 1. The summed E-state index contributed by atoms with van der Waals surface area (Å²) in [5, 5.41) is 0. The molecule has 0 radical (unpaired) electrons. The highest BCUT2D eigenvalue weighted by Gasteiger charge is 2.22. The van der Waals surface area contributed by atoms with Gasteiger partial charge in [0.1, 0.15) is 0 Å². The van der Waals surface area contributed by atoms with Gasteiger partial charge in [-0.25, -0.2) is 13.1 Å². The molecule has 0 aromatic heterocycles. The molecule has 6 heteroatoms. The quantitative estimate of drug-likeness (QED) is 0.539. The van der Waals surface area contributed by atoms with Crippen molar-refractivity contribution in [3.63, 3.8) is 0 Å². The van der Waals surface area contributed by atoms with Gasteiger partial charge in [-0.3, -0.25) is 0 Å². The molecular weight excluding hydrogens is 260 g/mol. The van der Waals surface area contributed by atoms with Crippen molar-refractivity contribution in [2.24, 2.45) is 5.92 Å². The molecule has 0 bridgehead atoms. The van der Waals surface area contributed by atoms with Gasteiger partial charge in [-0.05, 0) is 38.3 Å². The first-order valence-electron chi connectivity index (χ1n) is 6.33. The first-order valence-corrected chi connectivity index (χ1v) is 8.51. The number of halogens is 1. The number of hydrogen-bond acceptors (Lipinski definition) is 3. The molecule has 1 fully saturated rings. The van der Waals surface area contributed by atoms with Crippen molar-refractivity contribution in [2.75, 3.05) is 37.8 Å². The highest BCUT2D eigenvalue weighted by Crippen LogP contribution is 2.14. The van der Waals surface area contributed by atoms with E-state index in [0.29, 0.717) is 24.8 Å². The Morgan fingerprint density at radius 1 is 1.41 bits per heavy atom. The topological polar surface area (TPSA) is 49.4 Å². The Balaban J connectivity index is 2.21. The zero-order chi connectivity index (χ0) is 12.7. The van der Waals surface area contributed by atoms with Crippen molar-refractivity contribution >= 4 is 21.6 Å². The number of nitrogens with one attached hydrogen (secondary N) is 1. The lowest BCUT2D eigenvalue weighted by atomic mass is 10.1. The van der Waals surface area contributed by atoms with E-state index in [2.05, 4.69) is 16.5 Å². The van der Waals surface area contributed by atoms with Crippen LogP contribution in [-0.2, 0) is 10.0 Å². The molecule has 4 nitrogen and oxygen atoms in total. The third-order valence-electron chi connectivity index (χ3n) is 3.21. The second-order valence-electron chi connectivity index (χ2n) is 4.61. The summed E-state index contributed by atoms with van der Waals surface area (Å²) in [6, 6.07) is 0. The summed E-state index contributed by atoms with van der Waals surface area (Å²) in [4.78, 5) is 2.35. The number of rotatable bonds is 8. The van der Waals surface area contributed by atoms with Crippen LogP contribution in [0.25, 0.3) is 0 Å². The van der Waals surface area contributed by atoms with Crippen molar-refractivity contribution in [2.45, 2.75) is 26.2 Å². The molecule has 102 valence electrons. The minimum absolute atomic E-state index is 0.198. The molecule has 0 saturated carbocycles. The van der Waals surface area contributed by atoms with Gasteiger partial charge in [0.05, 0.1) is 5.75 Å². The second kappa shape index (κ2) is 7.56. The summed E-state index contributed by atoms with van der Waals surface area (Å²) in [7, 11) is -3.09. The van der Waals surface area contributed by atoms with Crippen LogP contribution in [0.1, 0.15) is 26.2 Å². The van der Waals surface area contributed by atoms with Crippen LogP contribution in [-0.4, -0.2) is 51.1 Å². The fourth-order valence-corrected chi connectivity index (χ4v) is 3.48. The van der Waals surface area contributed by atoms with Gasteiger partial charge in [-0.15, -0.1) is 11.6 Å². The van der Waals surface area contributed by atoms with Crippen LogP contribution in [0.15, 0.2) is 0 Å². The molecule has 1 aliphatic heterocycles. The molecule has 17 heavy (non-hydrogen) atoms. The van der Waals surface area contributed by atoms with Gasteiger partial charge in [0.15, 0.2) is 0 Å². The summed E-state index contributed by atoms with van der Waals surface area (Å²) in [6.07, 6.45) is 2.50. The van der Waals surface area contributed by atoms with Gasteiger partial charge < -0.3 is 4.90 Å². The molecule has 0 aliphatic carbocycles.